The molecule has 0 radical (unpaired) electrons. The highest BCUT2D eigenvalue weighted by Crippen LogP contribution is 2.09. The molecule has 1 aromatic carbocycles. The van der Waals surface area contributed by atoms with E-state index < -0.39 is 6.10 Å². The number of benzene rings is 1. The molecule has 0 aliphatic rings. The molecular weight excluding hydrogens is 260 g/mol. The van der Waals surface area contributed by atoms with Crippen molar-refractivity contribution in [3.63, 3.8) is 0 Å². The van der Waals surface area contributed by atoms with Crippen molar-refractivity contribution < 1.29 is 9.53 Å². The zero-order valence-electron chi connectivity index (χ0n) is 13.6. The van der Waals surface area contributed by atoms with Crippen LogP contribution in [0.5, 0.6) is 0 Å². The summed E-state index contributed by atoms with van der Waals surface area (Å²) in [6.45, 7) is 8.62. The molecule has 0 saturated heterocycles. The molecule has 0 heterocycles. The van der Waals surface area contributed by atoms with Crippen LogP contribution in [0.25, 0.3) is 0 Å². The number of carbonyl (C=O) groups excluding carboxylic acids is 1. The number of Topliss-reactive ketones (excluding diaryl/α,β-unsaturated/α-hetero) is 1. The first-order valence-electron chi connectivity index (χ1n) is 7.50. The summed E-state index contributed by atoms with van der Waals surface area (Å²) in [5.74, 6) is 0.0335. The van der Waals surface area contributed by atoms with Gasteiger partial charge in [-0.25, -0.2) is 0 Å². The van der Waals surface area contributed by atoms with Crippen LogP contribution in [-0.4, -0.2) is 18.5 Å². The minimum absolute atomic E-state index is 0.0335. The van der Waals surface area contributed by atoms with Crippen molar-refractivity contribution in [2.24, 2.45) is 0 Å². The lowest BCUT2D eigenvalue weighted by Crippen LogP contribution is -2.21. The van der Waals surface area contributed by atoms with E-state index in [2.05, 4.69) is 32.9 Å². The Balaban J connectivity index is 2.37. The average Bonchev–Trinajstić information content (AvgIpc) is 2.46. The molecule has 1 rings (SSSR count). The van der Waals surface area contributed by atoms with Gasteiger partial charge in [-0.05, 0) is 40.5 Å². The molecule has 21 heavy (non-hydrogen) atoms. The number of rotatable bonds is 8. The van der Waals surface area contributed by atoms with E-state index in [9.17, 15) is 4.79 Å². The highest BCUT2D eigenvalue weighted by molar-refractivity contribution is 5.99. The molecule has 1 atom stereocenters. The Morgan fingerprint density at radius 3 is 2.43 bits per heavy atom. The summed E-state index contributed by atoms with van der Waals surface area (Å²) in [6.07, 6.45) is 5.99. The Hall–Kier alpha value is -1.67. The van der Waals surface area contributed by atoms with E-state index >= 15 is 0 Å². The van der Waals surface area contributed by atoms with Crippen LogP contribution in [0.4, 0.5) is 0 Å². The first kappa shape index (κ1) is 17.4. The smallest absolute Gasteiger partial charge is 0.191 e. The van der Waals surface area contributed by atoms with Gasteiger partial charge in [0.1, 0.15) is 6.10 Å². The molecule has 114 valence electrons. The molecule has 0 N–H and O–H groups in total. The van der Waals surface area contributed by atoms with Crippen LogP contribution in [-0.2, 0) is 4.74 Å². The van der Waals surface area contributed by atoms with E-state index in [0.29, 0.717) is 12.2 Å². The van der Waals surface area contributed by atoms with Crippen molar-refractivity contribution in [3.05, 3.63) is 59.2 Å². The molecular formula is C19H26O2. The van der Waals surface area contributed by atoms with Crippen LogP contribution < -0.4 is 0 Å². The van der Waals surface area contributed by atoms with E-state index in [1.807, 2.05) is 37.3 Å². The van der Waals surface area contributed by atoms with E-state index in [4.69, 9.17) is 4.74 Å². The largest absolute Gasteiger partial charge is 0.366 e. The molecule has 0 aromatic heterocycles. The molecule has 0 amide bonds. The number of allylic oxidation sites excluding steroid dienone is 3. The first-order valence-corrected chi connectivity index (χ1v) is 7.50. The van der Waals surface area contributed by atoms with Gasteiger partial charge in [0.05, 0.1) is 6.61 Å². The Kier molecular flexibility index (Phi) is 7.70. The summed E-state index contributed by atoms with van der Waals surface area (Å²) in [5, 5.41) is 0. The van der Waals surface area contributed by atoms with Crippen molar-refractivity contribution in [2.45, 2.75) is 46.6 Å². The predicted molar refractivity (Wildman–Crippen MR) is 88.6 cm³/mol. The minimum atomic E-state index is -0.408. The molecule has 0 fully saturated rings. The van der Waals surface area contributed by atoms with Crippen LogP contribution in [0.3, 0.4) is 0 Å². The summed E-state index contributed by atoms with van der Waals surface area (Å²) in [5.41, 5.74) is 3.35. The standard InChI is InChI=1S/C19H26O2/c1-15(2)9-8-10-16(3)13-14-21-17(4)19(20)18-11-6-5-7-12-18/h5-7,9,11-13,17H,8,10,14H2,1-4H3/b16-13+. The van der Waals surface area contributed by atoms with Crippen LogP contribution in [0.1, 0.15) is 50.9 Å². The Bertz CT molecular complexity index is 494. The average molecular weight is 286 g/mol. The van der Waals surface area contributed by atoms with Crippen LogP contribution in [0, 0.1) is 0 Å². The maximum Gasteiger partial charge on any atom is 0.191 e. The third kappa shape index (κ3) is 7.05. The molecule has 0 saturated carbocycles. The lowest BCUT2D eigenvalue weighted by Gasteiger charge is -2.11. The van der Waals surface area contributed by atoms with Gasteiger partial charge in [-0.2, -0.15) is 0 Å². The van der Waals surface area contributed by atoms with Crippen LogP contribution >= 0.6 is 0 Å². The monoisotopic (exact) mass is 286 g/mol. The quantitative estimate of drug-likeness (QED) is 0.498. The van der Waals surface area contributed by atoms with Crippen LogP contribution in [0.15, 0.2) is 53.6 Å². The molecule has 1 aromatic rings. The third-order valence-electron chi connectivity index (χ3n) is 3.30. The van der Waals surface area contributed by atoms with Gasteiger partial charge in [0.25, 0.3) is 0 Å². The SMILES string of the molecule is CC(C)=CCC/C(C)=C/COC(C)C(=O)c1ccccc1. The lowest BCUT2D eigenvalue weighted by molar-refractivity contribution is 0.0564. The zero-order chi connectivity index (χ0) is 15.7. The second kappa shape index (κ2) is 9.30. The summed E-state index contributed by atoms with van der Waals surface area (Å²) in [6, 6.07) is 9.28. The van der Waals surface area contributed by atoms with Crippen molar-refractivity contribution in [1.82, 2.24) is 0 Å². The van der Waals surface area contributed by atoms with Gasteiger partial charge < -0.3 is 4.74 Å². The Labute approximate surface area is 128 Å². The van der Waals surface area contributed by atoms with Crippen molar-refractivity contribution in [3.8, 4) is 0 Å². The van der Waals surface area contributed by atoms with Crippen molar-refractivity contribution in [1.29, 1.82) is 0 Å². The minimum Gasteiger partial charge on any atom is -0.366 e. The molecule has 0 bridgehead atoms. The first-order chi connectivity index (χ1) is 10.0. The maximum atomic E-state index is 12.1. The number of ether oxygens (including phenoxy) is 1. The molecule has 2 heteroatoms. The fraction of sp³-hybridized carbons (Fsp3) is 0.421. The summed E-state index contributed by atoms with van der Waals surface area (Å²) in [7, 11) is 0. The van der Waals surface area contributed by atoms with Gasteiger partial charge in [0.15, 0.2) is 5.78 Å². The van der Waals surface area contributed by atoms with Gasteiger partial charge in [-0.1, -0.05) is 53.6 Å². The maximum absolute atomic E-state index is 12.1. The summed E-state index contributed by atoms with van der Waals surface area (Å²) >= 11 is 0. The summed E-state index contributed by atoms with van der Waals surface area (Å²) < 4.78 is 5.61. The summed E-state index contributed by atoms with van der Waals surface area (Å²) in [4.78, 5) is 12.1. The number of ketones is 1. The highest BCUT2D eigenvalue weighted by Gasteiger charge is 2.14. The van der Waals surface area contributed by atoms with Gasteiger partial charge >= 0.3 is 0 Å². The van der Waals surface area contributed by atoms with Gasteiger partial charge in [0, 0.05) is 5.56 Å². The molecule has 2 nitrogen and oxygen atoms in total. The molecule has 0 aliphatic heterocycles. The molecule has 0 aliphatic carbocycles. The fourth-order valence-corrected chi connectivity index (χ4v) is 1.94. The van der Waals surface area contributed by atoms with E-state index in [0.717, 1.165) is 12.8 Å². The van der Waals surface area contributed by atoms with Gasteiger partial charge in [-0.3, -0.25) is 4.79 Å². The van der Waals surface area contributed by atoms with Crippen molar-refractivity contribution >= 4 is 5.78 Å². The highest BCUT2D eigenvalue weighted by atomic mass is 16.5. The fourth-order valence-electron chi connectivity index (χ4n) is 1.94. The van der Waals surface area contributed by atoms with E-state index in [1.165, 1.54) is 11.1 Å². The van der Waals surface area contributed by atoms with Crippen LogP contribution in [0.2, 0.25) is 0 Å². The molecule has 0 spiro atoms. The Morgan fingerprint density at radius 1 is 1.14 bits per heavy atom. The number of hydrogen-bond acceptors (Lipinski definition) is 2. The second-order valence-corrected chi connectivity index (χ2v) is 5.58. The van der Waals surface area contributed by atoms with Gasteiger partial charge in [0.2, 0.25) is 0 Å². The van der Waals surface area contributed by atoms with Gasteiger partial charge in [-0.15, -0.1) is 0 Å². The normalized spacial score (nSPS) is 12.9. The topological polar surface area (TPSA) is 26.3 Å². The van der Waals surface area contributed by atoms with Crippen molar-refractivity contribution in [2.75, 3.05) is 6.61 Å². The number of hydrogen-bond donors (Lipinski definition) is 0. The number of carbonyl (C=O) groups is 1. The molecule has 1 unspecified atom stereocenters. The lowest BCUT2D eigenvalue weighted by atomic mass is 10.1. The third-order valence-corrected chi connectivity index (χ3v) is 3.30. The van der Waals surface area contributed by atoms with E-state index in [1.54, 1.807) is 0 Å². The Morgan fingerprint density at radius 2 is 1.81 bits per heavy atom. The predicted octanol–water partition coefficient (Wildman–Crippen LogP) is 4.97. The second-order valence-electron chi connectivity index (χ2n) is 5.58. The van der Waals surface area contributed by atoms with E-state index in [-0.39, 0.29) is 5.78 Å². The zero-order valence-corrected chi connectivity index (χ0v) is 13.6.